The van der Waals surface area contributed by atoms with Gasteiger partial charge in [0.25, 0.3) is 5.91 Å². The van der Waals surface area contributed by atoms with Crippen molar-refractivity contribution < 1.29 is 31.1 Å². The van der Waals surface area contributed by atoms with E-state index >= 15 is 0 Å². The van der Waals surface area contributed by atoms with Crippen LogP contribution in [0.25, 0.3) is 0 Å². The molecule has 10 heteroatoms. The first-order chi connectivity index (χ1) is 13.4. The Morgan fingerprint density at radius 1 is 1.14 bits per heavy atom. The van der Waals surface area contributed by atoms with E-state index in [-0.39, 0.29) is 17.9 Å². The van der Waals surface area contributed by atoms with Gasteiger partial charge in [-0.1, -0.05) is 19.1 Å². The van der Waals surface area contributed by atoms with Gasteiger partial charge in [-0.15, -0.1) is 0 Å². The summed E-state index contributed by atoms with van der Waals surface area (Å²) in [6.07, 6.45) is -4.36. The van der Waals surface area contributed by atoms with Crippen LogP contribution >= 0.6 is 0 Å². The van der Waals surface area contributed by atoms with Gasteiger partial charge in [-0.3, -0.25) is 9.10 Å². The summed E-state index contributed by atoms with van der Waals surface area (Å²) in [5.41, 5.74) is -0.898. The first-order valence-corrected chi connectivity index (χ1v) is 10.5. The van der Waals surface area contributed by atoms with Crippen LogP contribution < -0.4 is 14.4 Å². The molecule has 0 spiro atoms. The summed E-state index contributed by atoms with van der Waals surface area (Å²) in [6.45, 7) is 1.66. The summed E-state index contributed by atoms with van der Waals surface area (Å²) >= 11 is 0. The molecule has 2 aromatic carbocycles. The fraction of sp³-hybridized carbons (Fsp3) is 0.316. The SMILES string of the molecule is CC[C@@H](Oc1ccc(N(C)S(C)(=O)=O)cc1)C(=O)Nc1ccccc1C(F)(F)F. The summed E-state index contributed by atoms with van der Waals surface area (Å²) in [7, 11) is -2.03. The van der Waals surface area contributed by atoms with E-state index in [2.05, 4.69) is 5.32 Å². The Labute approximate surface area is 167 Å². The first kappa shape index (κ1) is 22.5. The number of rotatable bonds is 7. The average molecular weight is 430 g/mol. The Bertz CT molecular complexity index is 960. The first-order valence-electron chi connectivity index (χ1n) is 8.61. The highest BCUT2D eigenvalue weighted by Crippen LogP contribution is 2.34. The molecule has 29 heavy (non-hydrogen) atoms. The molecule has 0 aliphatic carbocycles. The van der Waals surface area contributed by atoms with E-state index in [1.165, 1.54) is 49.5 Å². The van der Waals surface area contributed by atoms with Gasteiger partial charge < -0.3 is 10.1 Å². The number of alkyl halides is 3. The van der Waals surface area contributed by atoms with Crippen molar-refractivity contribution >= 4 is 27.3 Å². The molecule has 1 N–H and O–H groups in total. The van der Waals surface area contributed by atoms with E-state index in [1.807, 2.05) is 0 Å². The number of sulfonamides is 1. The van der Waals surface area contributed by atoms with Gasteiger partial charge in [0, 0.05) is 7.05 Å². The van der Waals surface area contributed by atoms with Crippen LogP contribution in [0.3, 0.4) is 0 Å². The van der Waals surface area contributed by atoms with Gasteiger partial charge in [-0.25, -0.2) is 8.42 Å². The summed E-state index contributed by atoms with van der Waals surface area (Å²) in [4.78, 5) is 12.4. The lowest BCUT2D eigenvalue weighted by Crippen LogP contribution is -2.33. The minimum Gasteiger partial charge on any atom is -0.481 e. The molecule has 0 saturated carbocycles. The maximum absolute atomic E-state index is 13.1. The van der Waals surface area contributed by atoms with Crippen LogP contribution in [0, 0.1) is 0 Å². The number of para-hydroxylation sites is 1. The lowest BCUT2D eigenvalue weighted by molar-refractivity contribution is -0.137. The fourth-order valence-corrected chi connectivity index (χ4v) is 2.97. The average Bonchev–Trinajstić information content (AvgIpc) is 2.64. The number of halogens is 3. The molecule has 1 atom stereocenters. The molecule has 0 radical (unpaired) electrons. The lowest BCUT2D eigenvalue weighted by Gasteiger charge is -2.20. The van der Waals surface area contributed by atoms with E-state index < -0.39 is 33.8 Å². The highest BCUT2D eigenvalue weighted by molar-refractivity contribution is 7.92. The van der Waals surface area contributed by atoms with Crippen LogP contribution in [0.2, 0.25) is 0 Å². The van der Waals surface area contributed by atoms with Crippen LogP contribution in [-0.2, 0) is 21.0 Å². The minimum atomic E-state index is -4.60. The number of carbonyl (C=O) groups excluding carboxylic acids is 1. The third kappa shape index (κ3) is 5.86. The molecule has 0 unspecified atom stereocenters. The van der Waals surface area contributed by atoms with Crippen molar-refractivity contribution in [1.29, 1.82) is 0 Å². The maximum atomic E-state index is 13.1. The summed E-state index contributed by atoms with van der Waals surface area (Å²) in [5, 5.41) is 2.27. The zero-order valence-electron chi connectivity index (χ0n) is 16.0. The van der Waals surface area contributed by atoms with Crippen molar-refractivity contribution in [2.24, 2.45) is 0 Å². The van der Waals surface area contributed by atoms with Crippen LogP contribution in [0.1, 0.15) is 18.9 Å². The predicted octanol–water partition coefficient (Wildman–Crippen LogP) is 3.90. The van der Waals surface area contributed by atoms with Gasteiger partial charge in [-0.05, 0) is 42.8 Å². The molecule has 0 aliphatic heterocycles. The van der Waals surface area contributed by atoms with Crippen LogP contribution in [0.4, 0.5) is 24.5 Å². The fourth-order valence-electron chi connectivity index (χ4n) is 2.47. The van der Waals surface area contributed by atoms with Crippen LogP contribution in [0.15, 0.2) is 48.5 Å². The number of nitrogens with zero attached hydrogens (tertiary/aromatic N) is 1. The zero-order chi connectivity index (χ0) is 21.8. The third-order valence-corrected chi connectivity index (χ3v) is 5.34. The molecular weight excluding hydrogens is 409 g/mol. The lowest BCUT2D eigenvalue weighted by atomic mass is 10.1. The highest BCUT2D eigenvalue weighted by atomic mass is 32.2. The Hall–Kier alpha value is -2.75. The predicted molar refractivity (Wildman–Crippen MR) is 104 cm³/mol. The van der Waals surface area contributed by atoms with Crippen molar-refractivity contribution in [2.75, 3.05) is 22.9 Å². The quantitative estimate of drug-likeness (QED) is 0.723. The third-order valence-electron chi connectivity index (χ3n) is 4.13. The molecule has 0 aromatic heterocycles. The molecular formula is C19H21F3N2O4S. The topological polar surface area (TPSA) is 75.7 Å². The zero-order valence-corrected chi connectivity index (χ0v) is 16.8. The summed E-state index contributed by atoms with van der Waals surface area (Å²) in [6, 6.07) is 10.6. The molecule has 2 rings (SSSR count). The van der Waals surface area contributed by atoms with Crippen molar-refractivity contribution in [3.8, 4) is 5.75 Å². The van der Waals surface area contributed by atoms with E-state index in [0.29, 0.717) is 5.69 Å². The summed E-state index contributed by atoms with van der Waals surface area (Å²) in [5.74, 6) is -0.441. The molecule has 2 aromatic rings. The second kappa shape index (κ2) is 8.73. The Balaban J connectivity index is 2.14. The molecule has 0 bridgehead atoms. The van der Waals surface area contributed by atoms with Gasteiger partial charge in [0.15, 0.2) is 6.10 Å². The monoisotopic (exact) mass is 430 g/mol. The molecule has 0 fully saturated rings. The number of amides is 1. The number of nitrogens with one attached hydrogen (secondary N) is 1. The Morgan fingerprint density at radius 3 is 2.24 bits per heavy atom. The molecule has 0 heterocycles. The van der Waals surface area contributed by atoms with E-state index in [4.69, 9.17) is 4.74 Å². The van der Waals surface area contributed by atoms with Crippen molar-refractivity contribution in [3.63, 3.8) is 0 Å². The molecule has 158 valence electrons. The molecule has 0 saturated heterocycles. The van der Waals surface area contributed by atoms with Crippen molar-refractivity contribution in [1.82, 2.24) is 0 Å². The summed E-state index contributed by atoms with van der Waals surface area (Å²) < 4.78 is 69.0. The number of hydrogen-bond acceptors (Lipinski definition) is 4. The van der Waals surface area contributed by atoms with Gasteiger partial charge in [0.2, 0.25) is 10.0 Å². The Morgan fingerprint density at radius 2 is 1.72 bits per heavy atom. The smallest absolute Gasteiger partial charge is 0.418 e. The van der Waals surface area contributed by atoms with E-state index in [0.717, 1.165) is 16.6 Å². The normalized spacial score (nSPS) is 12.9. The number of anilines is 2. The number of ether oxygens (including phenoxy) is 1. The number of benzene rings is 2. The van der Waals surface area contributed by atoms with Crippen LogP contribution in [0.5, 0.6) is 5.75 Å². The maximum Gasteiger partial charge on any atom is 0.418 e. The van der Waals surface area contributed by atoms with Crippen molar-refractivity contribution in [3.05, 3.63) is 54.1 Å². The molecule has 1 amide bonds. The van der Waals surface area contributed by atoms with E-state index in [1.54, 1.807) is 6.92 Å². The number of hydrogen-bond donors (Lipinski definition) is 1. The van der Waals surface area contributed by atoms with Crippen LogP contribution in [-0.4, -0.2) is 33.7 Å². The second-order valence-corrected chi connectivity index (χ2v) is 8.29. The van der Waals surface area contributed by atoms with Gasteiger partial charge in [0.1, 0.15) is 5.75 Å². The highest BCUT2D eigenvalue weighted by Gasteiger charge is 2.34. The van der Waals surface area contributed by atoms with Gasteiger partial charge >= 0.3 is 6.18 Å². The van der Waals surface area contributed by atoms with Gasteiger partial charge in [-0.2, -0.15) is 13.2 Å². The van der Waals surface area contributed by atoms with Crippen molar-refractivity contribution in [2.45, 2.75) is 25.6 Å². The molecule has 0 aliphatic rings. The number of carbonyl (C=O) groups is 1. The van der Waals surface area contributed by atoms with E-state index in [9.17, 15) is 26.4 Å². The van der Waals surface area contributed by atoms with Gasteiger partial charge in [0.05, 0.1) is 23.2 Å². The Kier molecular flexibility index (Phi) is 6.78. The largest absolute Gasteiger partial charge is 0.481 e. The second-order valence-electron chi connectivity index (χ2n) is 6.27. The standard InChI is InChI=1S/C19H21F3N2O4S/c1-4-17(18(25)23-16-8-6-5-7-15(16)19(20,21)22)28-14-11-9-13(10-12-14)24(2)29(3,26)27/h5-12,17H,4H2,1-3H3,(H,23,25)/t17-/m1/s1. The molecule has 6 nitrogen and oxygen atoms in total. The minimum absolute atomic E-state index is 0.213.